The first-order valence-electron chi connectivity index (χ1n) is 10.3. The Balaban J connectivity index is 1.78. The second kappa shape index (κ2) is 12.7. The summed E-state index contributed by atoms with van der Waals surface area (Å²) < 4.78 is 5.11. The predicted octanol–water partition coefficient (Wildman–Crippen LogP) is 2.82. The number of likely N-dealkylation sites (N-methyl/N-ethyl adjacent to an activating group) is 1. The predicted molar refractivity (Wildman–Crippen MR) is 128 cm³/mol. The van der Waals surface area contributed by atoms with Gasteiger partial charge in [0.15, 0.2) is 5.11 Å². The number of ether oxygens (including phenoxy) is 1. The van der Waals surface area contributed by atoms with Gasteiger partial charge in [-0.15, -0.1) is 0 Å². The topological polar surface area (TPSA) is 82.7 Å². The van der Waals surface area contributed by atoms with E-state index in [0.717, 1.165) is 30.9 Å². The molecule has 0 aliphatic rings. The monoisotopic (exact) mass is 442 g/mol. The Morgan fingerprint density at radius 3 is 2.23 bits per heavy atom. The lowest BCUT2D eigenvalue weighted by molar-refractivity contribution is -0.119. The van der Waals surface area contributed by atoms with Crippen LogP contribution < -0.4 is 20.7 Å². The van der Waals surface area contributed by atoms with E-state index in [-0.39, 0.29) is 23.3 Å². The smallest absolute Gasteiger partial charge is 0.251 e. The van der Waals surface area contributed by atoms with E-state index in [2.05, 4.69) is 34.7 Å². The van der Waals surface area contributed by atoms with Gasteiger partial charge < -0.3 is 25.6 Å². The molecule has 0 aliphatic heterocycles. The summed E-state index contributed by atoms with van der Waals surface area (Å²) in [6.07, 6.45) is 0.207. The van der Waals surface area contributed by atoms with Crippen LogP contribution in [0.25, 0.3) is 0 Å². The number of anilines is 1. The molecule has 0 bridgehead atoms. The number of rotatable bonds is 10. The van der Waals surface area contributed by atoms with Crippen molar-refractivity contribution in [3.63, 3.8) is 0 Å². The molecule has 0 atom stereocenters. The molecule has 0 saturated heterocycles. The Morgan fingerprint density at radius 1 is 1.00 bits per heavy atom. The number of amides is 2. The van der Waals surface area contributed by atoms with Gasteiger partial charge in [-0.1, -0.05) is 26.0 Å². The zero-order chi connectivity index (χ0) is 22.6. The normalized spacial score (nSPS) is 10.5. The number of carbonyl (C=O) groups excluding carboxylic acids is 2. The maximum Gasteiger partial charge on any atom is 0.251 e. The molecule has 0 radical (unpaired) electrons. The van der Waals surface area contributed by atoms with Crippen molar-refractivity contribution in [3.05, 3.63) is 59.7 Å². The molecule has 3 N–H and O–H groups in total. The van der Waals surface area contributed by atoms with Crippen LogP contribution in [0.3, 0.4) is 0 Å². The summed E-state index contributed by atoms with van der Waals surface area (Å²) in [7, 11) is 1.60. The Labute approximate surface area is 189 Å². The molecule has 8 heteroatoms. The summed E-state index contributed by atoms with van der Waals surface area (Å²) in [5, 5.41) is 8.74. The van der Waals surface area contributed by atoms with Crippen molar-refractivity contribution in [1.29, 1.82) is 0 Å². The number of nitrogens with zero attached hydrogens (tertiary/aromatic N) is 1. The van der Waals surface area contributed by atoms with Crippen molar-refractivity contribution in [1.82, 2.24) is 15.5 Å². The molecule has 0 aromatic heterocycles. The van der Waals surface area contributed by atoms with E-state index in [4.69, 9.17) is 17.0 Å². The maximum absolute atomic E-state index is 12.3. The van der Waals surface area contributed by atoms with E-state index in [0.29, 0.717) is 17.8 Å². The minimum atomic E-state index is -0.216. The van der Waals surface area contributed by atoms with Gasteiger partial charge in [-0.05, 0) is 67.3 Å². The van der Waals surface area contributed by atoms with Crippen LogP contribution in [0, 0.1) is 0 Å². The SMILES string of the molecule is CCN(CC)CCNC(=O)c1ccc(NC(=S)NC(=O)Cc2ccc(OC)cc2)cc1. The van der Waals surface area contributed by atoms with Gasteiger partial charge in [0.2, 0.25) is 5.91 Å². The molecule has 31 heavy (non-hydrogen) atoms. The molecule has 2 amide bonds. The van der Waals surface area contributed by atoms with Crippen LogP contribution >= 0.6 is 12.2 Å². The Hall–Kier alpha value is -2.97. The van der Waals surface area contributed by atoms with Crippen LogP contribution in [-0.4, -0.2) is 55.1 Å². The van der Waals surface area contributed by atoms with Crippen LogP contribution in [-0.2, 0) is 11.2 Å². The van der Waals surface area contributed by atoms with Crippen molar-refractivity contribution in [2.45, 2.75) is 20.3 Å². The molecule has 2 aromatic rings. The second-order valence-electron chi connectivity index (χ2n) is 6.89. The molecule has 2 rings (SSSR count). The van der Waals surface area contributed by atoms with E-state index in [9.17, 15) is 9.59 Å². The van der Waals surface area contributed by atoms with Crippen LogP contribution in [0.4, 0.5) is 5.69 Å². The first kappa shape index (κ1) is 24.3. The zero-order valence-corrected chi connectivity index (χ0v) is 19.1. The molecule has 0 heterocycles. The number of benzene rings is 2. The number of nitrogens with one attached hydrogen (secondary N) is 3. The van der Waals surface area contributed by atoms with Gasteiger partial charge in [0, 0.05) is 24.3 Å². The zero-order valence-electron chi connectivity index (χ0n) is 18.2. The van der Waals surface area contributed by atoms with Crippen molar-refractivity contribution in [2.75, 3.05) is 38.6 Å². The molecule has 0 fully saturated rings. The Kier molecular flexibility index (Phi) is 9.93. The lowest BCUT2D eigenvalue weighted by Gasteiger charge is -2.18. The maximum atomic E-state index is 12.3. The Morgan fingerprint density at radius 2 is 1.65 bits per heavy atom. The molecular formula is C23H30N4O3S. The summed E-state index contributed by atoms with van der Waals surface area (Å²) in [5.74, 6) is 0.406. The summed E-state index contributed by atoms with van der Waals surface area (Å²) >= 11 is 5.21. The molecule has 166 valence electrons. The lowest BCUT2D eigenvalue weighted by atomic mass is 10.1. The molecule has 2 aromatic carbocycles. The van der Waals surface area contributed by atoms with Crippen LogP contribution in [0.15, 0.2) is 48.5 Å². The first-order chi connectivity index (χ1) is 14.9. The fourth-order valence-electron chi connectivity index (χ4n) is 2.94. The van der Waals surface area contributed by atoms with Crippen molar-refractivity contribution in [2.24, 2.45) is 0 Å². The molecule has 0 saturated carbocycles. The van der Waals surface area contributed by atoms with Crippen LogP contribution in [0.5, 0.6) is 5.75 Å². The second-order valence-corrected chi connectivity index (χ2v) is 7.30. The molecular weight excluding hydrogens is 412 g/mol. The van der Waals surface area contributed by atoms with Gasteiger partial charge in [-0.3, -0.25) is 9.59 Å². The summed E-state index contributed by atoms with van der Waals surface area (Å²) in [5.41, 5.74) is 2.12. The average Bonchev–Trinajstić information content (AvgIpc) is 2.77. The van der Waals surface area contributed by atoms with E-state index in [1.807, 2.05) is 12.1 Å². The third-order valence-corrected chi connectivity index (χ3v) is 4.99. The van der Waals surface area contributed by atoms with Gasteiger partial charge in [0.05, 0.1) is 13.5 Å². The van der Waals surface area contributed by atoms with Gasteiger partial charge in [0.1, 0.15) is 5.75 Å². The average molecular weight is 443 g/mol. The van der Waals surface area contributed by atoms with Gasteiger partial charge in [-0.2, -0.15) is 0 Å². The highest BCUT2D eigenvalue weighted by Gasteiger charge is 2.09. The third-order valence-electron chi connectivity index (χ3n) is 4.79. The minimum absolute atomic E-state index is 0.117. The van der Waals surface area contributed by atoms with E-state index >= 15 is 0 Å². The standard InChI is InChI=1S/C23H30N4O3S/c1-4-27(5-2)15-14-24-22(29)18-8-10-19(11-9-18)25-23(31)26-21(28)16-17-6-12-20(30-3)13-7-17/h6-13H,4-5,14-16H2,1-3H3,(H,24,29)(H2,25,26,28,31). The lowest BCUT2D eigenvalue weighted by Crippen LogP contribution is -2.35. The van der Waals surface area contributed by atoms with Crippen LogP contribution in [0.1, 0.15) is 29.8 Å². The molecule has 0 spiro atoms. The first-order valence-corrected chi connectivity index (χ1v) is 10.7. The fraction of sp³-hybridized carbons (Fsp3) is 0.348. The van der Waals surface area contributed by atoms with Crippen molar-refractivity contribution in [3.8, 4) is 5.75 Å². The number of hydrogen-bond donors (Lipinski definition) is 3. The van der Waals surface area contributed by atoms with Crippen molar-refractivity contribution < 1.29 is 14.3 Å². The minimum Gasteiger partial charge on any atom is -0.497 e. The number of hydrogen-bond acceptors (Lipinski definition) is 5. The third kappa shape index (κ3) is 8.35. The Bertz CT molecular complexity index is 865. The number of thiocarbonyl (C=S) groups is 1. The largest absolute Gasteiger partial charge is 0.497 e. The van der Waals surface area contributed by atoms with E-state index < -0.39 is 0 Å². The summed E-state index contributed by atoms with van der Waals surface area (Å²) in [6, 6.07) is 14.2. The van der Waals surface area contributed by atoms with Gasteiger partial charge in [0.25, 0.3) is 5.91 Å². The van der Waals surface area contributed by atoms with E-state index in [1.165, 1.54) is 0 Å². The summed E-state index contributed by atoms with van der Waals surface area (Å²) in [4.78, 5) is 26.7. The summed E-state index contributed by atoms with van der Waals surface area (Å²) in [6.45, 7) is 7.55. The van der Waals surface area contributed by atoms with Gasteiger partial charge in [-0.25, -0.2) is 0 Å². The quantitative estimate of drug-likeness (QED) is 0.491. The van der Waals surface area contributed by atoms with E-state index in [1.54, 1.807) is 43.5 Å². The number of carbonyl (C=O) groups is 2. The molecule has 0 aliphatic carbocycles. The van der Waals surface area contributed by atoms with Gasteiger partial charge >= 0.3 is 0 Å². The van der Waals surface area contributed by atoms with Crippen molar-refractivity contribution >= 4 is 34.8 Å². The van der Waals surface area contributed by atoms with Crippen LogP contribution in [0.2, 0.25) is 0 Å². The highest BCUT2D eigenvalue weighted by Crippen LogP contribution is 2.12. The molecule has 0 unspecified atom stereocenters. The molecule has 7 nitrogen and oxygen atoms in total. The highest BCUT2D eigenvalue weighted by atomic mass is 32.1. The fourth-order valence-corrected chi connectivity index (χ4v) is 3.17. The highest BCUT2D eigenvalue weighted by molar-refractivity contribution is 7.80. The number of methoxy groups -OCH3 is 1.